The highest BCUT2D eigenvalue weighted by atomic mass is 32.2. The van der Waals surface area contributed by atoms with Crippen molar-refractivity contribution in [1.82, 2.24) is 14.6 Å². The topological polar surface area (TPSA) is 110 Å². The summed E-state index contributed by atoms with van der Waals surface area (Å²) < 4.78 is 27.3. The molecule has 0 radical (unpaired) electrons. The molecule has 2 N–H and O–H groups in total. The first-order valence-electron chi connectivity index (χ1n) is 8.89. The summed E-state index contributed by atoms with van der Waals surface area (Å²) in [5, 5.41) is 5.83. The Kier molecular flexibility index (Phi) is 6.11. The van der Waals surface area contributed by atoms with E-state index in [1.807, 2.05) is 19.1 Å². The fraction of sp³-hybridized carbons (Fsp3) is 0.200. The minimum absolute atomic E-state index is 0.133. The molecule has 0 aliphatic heterocycles. The van der Waals surface area contributed by atoms with Crippen LogP contribution in [0.5, 0.6) is 0 Å². The third kappa shape index (κ3) is 4.71. The van der Waals surface area contributed by atoms with E-state index in [2.05, 4.69) is 15.6 Å². The van der Waals surface area contributed by atoms with Crippen molar-refractivity contribution in [2.45, 2.75) is 18.2 Å². The fourth-order valence-corrected chi connectivity index (χ4v) is 4.21. The average molecular weight is 412 g/mol. The van der Waals surface area contributed by atoms with Gasteiger partial charge in [0.15, 0.2) is 0 Å². The molecule has 0 spiro atoms. The lowest BCUT2D eigenvalue weighted by atomic mass is 10.1. The quantitative estimate of drug-likeness (QED) is 0.458. The van der Waals surface area contributed by atoms with Gasteiger partial charge in [-0.2, -0.15) is 4.99 Å². The minimum atomic E-state index is -3.71. The molecule has 1 aromatic heterocycles. The summed E-state index contributed by atoms with van der Waals surface area (Å²) >= 11 is 0. The van der Waals surface area contributed by atoms with Crippen molar-refractivity contribution >= 4 is 33.0 Å². The molecule has 2 amide bonds. The smallest absolute Gasteiger partial charge is 0.316 e. The second-order valence-electron chi connectivity index (χ2n) is 6.41. The standard InChI is InChI=1S/C20H20N4O4S/c1-15-2-6-18(7-3-15)29(27,28)24-11-9-17-5-4-16(12-19(17)24)8-10-22-20(26)23-13-21-14-25/h2-7,9,11-12H,8,10,13H2,1H3,(H2,22,23,26). The summed E-state index contributed by atoms with van der Waals surface area (Å²) in [6.45, 7) is 2.11. The first-order valence-corrected chi connectivity index (χ1v) is 10.3. The monoisotopic (exact) mass is 412 g/mol. The number of aryl methyl sites for hydroxylation is 1. The van der Waals surface area contributed by atoms with Crippen LogP contribution in [0.2, 0.25) is 0 Å². The zero-order valence-electron chi connectivity index (χ0n) is 15.8. The van der Waals surface area contributed by atoms with Gasteiger partial charge in [0.05, 0.1) is 10.4 Å². The largest absolute Gasteiger partial charge is 0.338 e. The van der Waals surface area contributed by atoms with Crippen LogP contribution in [0.15, 0.2) is 64.6 Å². The van der Waals surface area contributed by atoms with Crippen LogP contribution < -0.4 is 10.6 Å². The van der Waals surface area contributed by atoms with Gasteiger partial charge in [0, 0.05) is 18.1 Å². The van der Waals surface area contributed by atoms with Gasteiger partial charge in [-0.1, -0.05) is 29.8 Å². The van der Waals surface area contributed by atoms with Gasteiger partial charge in [0.1, 0.15) is 6.67 Å². The van der Waals surface area contributed by atoms with Crippen LogP contribution in [0.3, 0.4) is 0 Å². The molecule has 0 aliphatic carbocycles. The van der Waals surface area contributed by atoms with E-state index in [-0.39, 0.29) is 11.6 Å². The summed E-state index contributed by atoms with van der Waals surface area (Å²) in [4.78, 5) is 25.0. The molecule has 0 saturated carbocycles. The molecule has 0 atom stereocenters. The number of benzene rings is 2. The van der Waals surface area contributed by atoms with E-state index >= 15 is 0 Å². The number of nitrogens with zero attached hydrogens (tertiary/aromatic N) is 2. The number of nitrogens with one attached hydrogen (secondary N) is 2. The highest BCUT2D eigenvalue weighted by molar-refractivity contribution is 7.90. The Hall–Kier alpha value is -3.42. The van der Waals surface area contributed by atoms with Crippen molar-refractivity contribution in [3.63, 3.8) is 0 Å². The van der Waals surface area contributed by atoms with Gasteiger partial charge in [0.2, 0.25) is 6.08 Å². The van der Waals surface area contributed by atoms with Gasteiger partial charge in [-0.05, 0) is 43.2 Å². The number of fused-ring (bicyclic) bond motifs is 1. The Labute approximate surface area is 168 Å². The molecule has 3 rings (SSSR count). The van der Waals surface area contributed by atoms with Crippen LogP contribution in [0.1, 0.15) is 11.1 Å². The second-order valence-corrected chi connectivity index (χ2v) is 8.23. The zero-order chi connectivity index (χ0) is 20.9. The van der Waals surface area contributed by atoms with Crippen molar-refractivity contribution in [2.24, 2.45) is 4.99 Å². The summed E-state index contributed by atoms with van der Waals surface area (Å²) in [7, 11) is -3.71. The van der Waals surface area contributed by atoms with Gasteiger partial charge >= 0.3 is 6.03 Å². The predicted octanol–water partition coefficient (Wildman–Crippen LogP) is 2.32. The lowest BCUT2D eigenvalue weighted by Crippen LogP contribution is -2.36. The average Bonchev–Trinajstić information content (AvgIpc) is 3.13. The summed E-state index contributed by atoms with van der Waals surface area (Å²) in [6, 6.07) is 13.6. The summed E-state index contributed by atoms with van der Waals surface area (Å²) in [5.41, 5.74) is 2.44. The van der Waals surface area contributed by atoms with Gasteiger partial charge in [0.25, 0.3) is 10.0 Å². The highest BCUT2D eigenvalue weighted by Gasteiger charge is 2.18. The molecule has 1 heterocycles. The Balaban J connectivity index is 1.77. The number of carbonyl (C=O) groups is 1. The molecule has 2 aromatic carbocycles. The first-order chi connectivity index (χ1) is 13.9. The van der Waals surface area contributed by atoms with Crippen molar-refractivity contribution in [3.8, 4) is 0 Å². The van der Waals surface area contributed by atoms with Crippen LogP contribution in [-0.2, 0) is 21.2 Å². The van der Waals surface area contributed by atoms with E-state index in [4.69, 9.17) is 0 Å². The summed E-state index contributed by atoms with van der Waals surface area (Å²) in [6.07, 6.45) is 3.39. The predicted molar refractivity (Wildman–Crippen MR) is 109 cm³/mol. The first kappa shape index (κ1) is 20.3. The Morgan fingerprint density at radius 1 is 1.10 bits per heavy atom. The maximum absolute atomic E-state index is 13.0. The van der Waals surface area contributed by atoms with Crippen molar-refractivity contribution < 1.29 is 18.0 Å². The van der Waals surface area contributed by atoms with Crippen molar-refractivity contribution in [2.75, 3.05) is 13.2 Å². The van der Waals surface area contributed by atoms with Crippen LogP contribution in [0.25, 0.3) is 10.9 Å². The van der Waals surface area contributed by atoms with Gasteiger partial charge in [-0.25, -0.2) is 22.0 Å². The van der Waals surface area contributed by atoms with Crippen LogP contribution in [0, 0.1) is 6.92 Å². The molecule has 8 nitrogen and oxygen atoms in total. The minimum Gasteiger partial charge on any atom is -0.338 e. The number of hydrogen-bond donors (Lipinski definition) is 2. The SMILES string of the molecule is Cc1ccc(S(=O)(=O)n2ccc3ccc(CCNC(=O)NCN=C=O)cc32)cc1. The number of aromatic nitrogens is 1. The molecular formula is C20H20N4O4S. The Morgan fingerprint density at radius 2 is 1.86 bits per heavy atom. The highest BCUT2D eigenvalue weighted by Crippen LogP contribution is 2.23. The van der Waals surface area contributed by atoms with Crippen LogP contribution in [0.4, 0.5) is 4.79 Å². The molecule has 3 aromatic rings. The van der Waals surface area contributed by atoms with Crippen LogP contribution in [-0.4, -0.2) is 37.7 Å². The molecule has 0 bridgehead atoms. The number of urea groups is 1. The van der Waals surface area contributed by atoms with Crippen LogP contribution >= 0.6 is 0 Å². The second kappa shape index (κ2) is 8.72. The fourth-order valence-electron chi connectivity index (χ4n) is 2.86. The van der Waals surface area contributed by atoms with Gasteiger partial charge < -0.3 is 10.6 Å². The number of isocyanates is 1. The zero-order valence-corrected chi connectivity index (χ0v) is 16.6. The number of amides is 2. The number of hydrogen-bond acceptors (Lipinski definition) is 5. The molecule has 0 aliphatic rings. The van der Waals surface area contributed by atoms with Crippen molar-refractivity contribution in [3.05, 3.63) is 65.9 Å². The summed E-state index contributed by atoms with van der Waals surface area (Å²) in [5.74, 6) is 0. The van der Waals surface area contributed by atoms with E-state index in [0.29, 0.717) is 18.5 Å². The molecule has 0 saturated heterocycles. The molecule has 29 heavy (non-hydrogen) atoms. The number of rotatable bonds is 7. The van der Waals surface area contributed by atoms with E-state index in [9.17, 15) is 18.0 Å². The third-order valence-electron chi connectivity index (χ3n) is 4.38. The maximum Gasteiger partial charge on any atom is 0.316 e. The number of aliphatic imine (C=N–C) groups is 1. The van der Waals surface area contributed by atoms with E-state index < -0.39 is 16.1 Å². The lowest BCUT2D eigenvalue weighted by molar-refractivity contribution is 0.241. The molecular weight excluding hydrogens is 392 g/mol. The normalized spacial score (nSPS) is 11.1. The molecule has 9 heteroatoms. The van der Waals surface area contributed by atoms with Gasteiger partial charge in [-0.3, -0.25) is 0 Å². The van der Waals surface area contributed by atoms with E-state index in [1.165, 1.54) is 10.1 Å². The molecule has 0 unspecified atom stereocenters. The van der Waals surface area contributed by atoms with E-state index in [0.717, 1.165) is 16.5 Å². The Morgan fingerprint density at radius 3 is 2.59 bits per heavy atom. The van der Waals surface area contributed by atoms with Crippen molar-refractivity contribution in [1.29, 1.82) is 0 Å². The molecule has 150 valence electrons. The van der Waals surface area contributed by atoms with E-state index in [1.54, 1.807) is 42.6 Å². The maximum atomic E-state index is 13.0. The third-order valence-corrected chi connectivity index (χ3v) is 6.09. The number of carbonyl (C=O) groups excluding carboxylic acids is 2. The van der Waals surface area contributed by atoms with Gasteiger partial charge in [-0.15, -0.1) is 0 Å². The lowest BCUT2D eigenvalue weighted by Gasteiger charge is -2.09. The Bertz CT molecular complexity index is 1180. The molecule has 0 fully saturated rings.